The van der Waals surface area contributed by atoms with Crippen molar-refractivity contribution in [1.29, 1.82) is 0 Å². The van der Waals surface area contributed by atoms with Gasteiger partial charge in [-0.2, -0.15) is 0 Å². The van der Waals surface area contributed by atoms with Gasteiger partial charge in [-0.25, -0.2) is 0 Å². The third-order valence-corrected chi connectivity index (χ3v) is 4.48. The minimum Gasteiger partial charge on any atom is -0.465 e. The maximum absolute atomic E-state index is 12.0. The molecule has 1 aliphatic rings. The van der Waals surface area contributed by atoms with E-state index >= 15 is 0 Å². The highest BCUT2D eigenvalue weighted by molar-refractivity contribution is 5.75. The number of nitrogens with zero attached hydrogens (tertiary/aromatic N) is 1. The molecule has 4 nitrogen and oxygen atoms in total. The topological polar surface area (TPSA) is 41.6 Å². The summed E-state index contributed by atoms with van der Waals surface area (Å²) in [6, 6.07) is 0.790. The van der Waals surface area contributed by atoms with Crippen LogP contribution in [-0.4, -0.2) is 49.2 Å². The van der Waals surface area contributed by atoms with Crippen LogP contribution in [0.15, 0.2) is 0 Å². The third kappa shape index (κ3) is 6.79. The highest BCUT2D eigenvalue weighted by Crippen LogP contribution is 2.26. The van der Waals surface area contributed by atoms with Crippen molar-refractivity contribution in [2.24, 2.45) is 5.92 Å². The van der Waals surface area contributed by atoms with Gasteiger partial charge in [-0.05, 0) is 52.0 Å². The van der Waals surface area contributed by atoms with Crippen molar-refractivity contribution in [2.45, 2.75) is 77.9 Å². The maximum atomic E-state index is 12.0. The van der Waals surface area contributed by atoms with Crippen LogP contribution < -0.4 is 5.32 Å². The smallest absolute Gasteiger partial charge is 0.323 e. The molecule has 0 aliphatic heterocycles. The lowest BCUT2D eigenvalue weighted by Crippen LogP contribution is -2.45. The van der Waals surface area contributed by atoms with E-state index in [1.54, 1.807) is 0 Å². The van der Waals surface area contributed by atoms with Gasteiger partial charge in [0.15, 0.2) is 0 Å². The fourth-order valence-corrected chi connectivity index (χ4v) is 3.11. The van der Waals surface area contributed by atoms with Gasteiger partial charge in [0.05, 0.1) is 6.61 Å². The average molecular weight is 298 g/mol. The van der Waals surface area contributed by atoms with Crippen molar-refractivity contribution >= 4 is 5.97 Å². The Balaban J connectivity index is 2.41. The molecule has 0 radical (unpaired) electrons. The number of nitrogens with one attached hydrogen (secondary N) is 1. The average Bonchev–Trinajstić information content (AvgIpc) is 2.43. The largest absolute Gasteiger partial charge is 0.465 e. The molecule has 1 aliphatic carbocycles. The lowest BCUT2D eigenvalue weighted by atomic mass is 9.86. The fraction of sp³-hybridized carbons (Fsp3) is 0.941. The van der Waals surface area contributed by atoms with E-state index < -0.39 is 0 Å². The van der Waals surface area contributed by atoms with Crippen molar-refractivity contribution < 1.29 is 9.53 Å². The van der Waals surface area contributed by atoms with Crippen LogP contribution >= 0.6 is 0 Å². The van der Waals surface area contributed by atoms with Gasteiger partial charge in [-0.1, -0.05) is 20.8 Å². The predicted octanol–water partition coefficient (Wildman–Crippen LogP) is 2.82. The van der Waals surface area contributed by atoms with E-state index in [1.807, 2.05) is 6.92 Å². The highest BCUT2D eigenvalue weighted by Gasteiger charge is 2.24. The SMILES string of the molecule is CCOC(=O)C(CCN(C)C1CCC(C)CC1)NC(C)C. The van der Waals surface area contributed by atoms with Gasteiger partial charge in [-0.15, -0.1) is 0 Å². The summed E-state index contributed by atoms with van der Waals surface area (Å²) in [6.07, 6.45) is 6.07. The predicted molar refractivity (Wildman–Crippen MR) is 87.4 cm³/mol. The second-order valence-corrected chi connectivity index (χ2v) is 6.81. The summed E-state index contributed by atoms with van der Waals surface area (Å²) in [5.74, 6) is 0.765. The van der Waals surface area contributed by atoms with Gasteiger partial charge in [0.1, 0.15) is 6.04 Å². The summed E-state index contributed by atoms with van der Waals surface area (Å²) in [6.45, 7) is 9.74. The van der Waals surface area contributed by atoms with Crippen molar-refractivity contribution in [3.05, 3.63) is 0 Å². The molecule has 0 spiro atoms. The molecule has 0 heterocycles. The minimum absolute atomic E-state index is 0.114. The van der Waals surface area contributed by atoms with Crippen molar-refractivity contribution in [3.8, 4) is 0 Å². The molecule has 124 valence electrons. The third-order valence-electron chi connectivity index (χ3n) is 4.48. The van der Waals surface area contributed by atoms with E-state index in [0.717, 1.165) is 18.9 Å². The van der Waals surface area contributed by atoms with E-state index in [2.05, 4.69) is 38.0 Å². The number of ether oxygens (including phenoxy) is 1. The number of esters is 1. The van der Waals surface area contributed by atoms with Crippen LogP contribution in [0.2, 0.25) is 0 Å². The van der Waals surface area contributed by atoms with E-state index in [1.165, 1.54) is 25.7 Å². The van der Waals surface area contributed by atoms with Crippen LogP contribution in [0.5, 0.6) is 0 Å². The minimum atomic E-state index is -0.185. The second-order valence-electron chi connectivity index (χ2n) is 6.81. The Hall–Kier alpha value is -0.610. The van der Waals surface area contributed by atoms with Crippen LogP contribution in [-0.2, 0) is 9.53 Å². The summed E-state index contributed by atoms with van der Waals surface area (Å²) in [7, 11) is 2.19. The standard InChI is InChI=1S/C17H34N2O2/c1-6-21-17(20)16(18-13(2)3)11-12-19(5)15-9-7-14(4)8-10-15/h13-16,18H,6-12H2,1-5H3. The fourth-order valence-electron chi connectivity index (χ4n) is 3.11. The Morgan fingerprint density at radius 1 is 1.29 bits per heavy atom. The normalized spacial score (nSPS) is 24.3. The monoisotopic (exact) mass is 298 g/mol. The summed E-state index contributed by atoms with van der Waals surface area (Å²) >= 11 is 0. The highest BCUT2D eigenvalue weighted by atomic mass is 16.5. The van der Waals surface area contributed by atoms with Crippen molar-refractivity contribution in [2.75, 3.05) is 20.2 Å². The van der Waals surface area contributed by atoms with Crippen molar-refractivity contribution in [1.82, 2.24) is 10.2 Å². The first-order valence-electron chi connectivity index (χ1n) is 8.56. The molecule has 1 rings (SSSR count). The molecule has 1 N–H and O–H groups in total. The molecule has 0 aromatic carbocycles. The molecular formula is C17H34N2O2. The summed E-state index contributed by atoms with van der Waals surface area (Å²) in [4.78, 5) is 14.4. The Kier molecular flexibility index (Phi) is 8.27. The molecule has 1 unspecified atom stereocenters. The molecule has 1 fully saturated rings. The number of hydrogen-bond donors (Lipinski definition) is 1. The van der Waals surface area contributed by atoms with Gasteiger partial charge >= 0.3 is 5.97 Å². The zero-order chi connectivity index (χ0) is 15.8. The van der Waals surface area contributed by atoms with Crippen LogP contribution in [0.1, 0.15) is 59.8 Å². The van der Waals surface area contributed by atoms with E-state index in [-0.39, 0.29) is 12.0 Å². The van der Waals surface area contributed by atoms with Gasteiger partial charge in [0, 0.05) is 18.6 Å². The summed E-state index contributed by atoms with van der Waals surface area (Å²) in [5, 5.41) is 3.33. The van der Waals surface area contributed by atoms with Crippen LogP contribution in [0.4, 0.5) is 0 Å². The Bertz CT molecular complexity index is 299. The molecule has 1 saturated carbocycles. The number of carbonyl (C=O) groups excluding carboxylic acids is 1. The number of carbonyl (C=O) groups is 1. The number of rotatable bonds is 8. The molecule has 0 amide bonds. The molecule has 1 atom stereocenters. The lowest BCUT2D eigenvalue weighted by molar-refractivity contribution is -0.146. The van der Waals surface area contributed by atoms with Crippen LogP contribution in [0.3, 0.4) is 0 Å². The molecule has 21 heavy (non-hydrogen) atoms. The second kappa shape index (κ2) is 9.42. The molecular weight excluding hydrogens is 264 g/mol. The molecule has 0 aromatic rings. The summed E-state index contributed by atoms with van der Waals surface area (Å²) < 4.78 is 5.18. The first kappa shape index (κ1) is 18.4. The molecule has 0 aromatic heterocycles. The maximum Gasteiger partial charge on any atom is 0.323 e. The van der Waals surface area contributed by atoms with Gasteiger partial charge < -0.3 is 15.0 Å². The van der Waals surface area contributed by atoms with E-state index in [4.69, 9.17) is 4.74 Å². The summed E-state index contributed by atoms with van der Waals surface area (Å²) in [5.41, 5.74) is 0. The van der Waals surface area contributed by atoms with Gasteiger partial charge in [-0.3, -0.25) is 4.79 Å². The zero-order valence-corrected chi connectivity index (χ0v) is 14.5. The number of hydrogen-bond acceptors (Lipinski definition) is 4. The van der Waals surface area contributed by atoms with Gasteiger partial charge in [0.25, 0.3) is 0 Å². The first-order chi connectivity index (χ1) is 9.93. The Labute approximate surface area is 130 Å². The van der Waals surface area contributed by atoms with Crippen LogP contribution in [0, 0.1) is 5.92 Å². The zero-order valence-electron chi connectivity index (χ0n) is 14.5. The van der Waals surface area contributed by atoms with Crippen LogP contribution in [0.25, 0.3) is 0 Å². The van der Waals surface area contributed by atoms with E-state index in [9.17, 15) is 4.79 Å². The lowest BCUT2D eigenvalue weighted by Gasteiger charge is -2.34. The molecule has 0 bridgehead atoms. The van der Waals surface area contributed by atoms with Gasteiger partial charge in [0.2, 0.25) is 0 Å². The molecule has 0 saturated heterocycles. The Morgan fingerprint density at radius 3 is 2.43 bits per heavy atom. The van der Waals surface area contributed by atoms with Crippen molar-refractivity contribution in [3.63, 3.8) is 0 Å². The Morgan fingerprint density at radius 2 is 1.90 bits per heavy atom. The first-order valence-corrected chi connectivity index (χ1v) is 8.56. The molecule has 4 heteroatoms. The quantitative estimate of drug-likeness (QED) is 0.700. The van der Waals surface area contributed by atoms with E-state index in [0.29, 0.717) is 18.7 Å².